The van der Waals surface area contributed by atoms with Crippen molar-refractivity contribution in [2.75, 3.05) is 13.7 Å². The molecule has 0 radical (unpaired) electrons. The third-order valence-electron chi connectivity index (χ3n) is 4.51. The van der Waals surface area contributed by atoms with Crippen LogP contribution in [-0.2, 0) is 16.1 Å². The maximum Gasteiger partial charge on any atom is 0.249 e. The molecule has 1 fully saturated rings. The summed E-state index contributed by atoms with van der Waals surface area (Å²) >= 11 is 0. The molecule has 2 atom stereocenters. The second kappa shape index (κ2) is 8.72. The number of carbonyl (C=O) groups is 1. The van der Waals surface area contributed by atoms with Gasteiger partial charge in [0.05, 0.1) is 13.2 Å². The van der Waals surface area contributed by atoms with Crippen molar-refractivity contribution < 1.29 is 19.0 Å². The second-order valence-corrected chi connectivity index (χ2v) is 6.42. The molecule has 0 aromatic heterocycles. The first-order chi connectivity index (χ1) is 12.7. The van der Waals surface area contributed by atoms with Gasteiger partial charge in [-0.1, -0.05) is 36.4 Å². The van der Waals surface area contributed by atoms with Crippen LogP contribution in [0.25, 0.3) is 0 Å². The number of benzene rings is 2. The Labute approximate surface area is 154 Å². The predicted octanol–water partition coefficient (Wildman–Crippen LogP) is 3.63. The molecule has 0 saturated carbocycles. The van der Waals surface area contributed by atoms with Crippen molar-refractivity contribution in [1.29, 1.82) is 0 Å². The number of hydrogen-bond donors (Lipinski definition) is 1. The van der Waals surface area contributed by atoms with Crippen molar-refractivity contribution >= 4 is 5.91 Å². The van der Waals surface area contributed by atoms with Crippen LogP contribution >= 0.6 is 0 Å². The maximum absolute atomic E-state index is 12.2. The molecule has 1 aliphatic rings. The zero-order valence-corrected chi connectivity index (χ0v) is 15.2. The Bertz CT molecular complexity index is 726. The van der Waals surface area contributed by atoms with Crippen LogP contribution in [0.2, 0.25) is 0 Å². The van der Waals surface area contributed by atoms with Crippen molar-refractivity contribution in [3.8, 4) is 11.5 Å². The zero-order chi connectivity index (χ0) is 18.4. The average Bonchev–Trinajstić information content (AvgIpc) is 3.22. The molecule has 1 N–H and O–H groups in total. The SMILES string of the molecule is COc1cc([C@H](C)NC(=O)[C@H]2CCCO2)ccc1OCc1ccccc1. The van der Waals surface area contributed by atoms with E-state index in [0.717, 1.165) is 24.0 Å². The van der Waals surface area contributed by atoms with Crippen molar-refractivity contribution in [2.24, 2.45) is 0 Å². The van der Waals surface area contributed by atoms with Crippen LogP contribution in [0.1, 0.15) is 36.9 Å². The molecule has 1 saturated heterocycles. The highest BCUT2D eigenvalue weighted by Gasteiger charge is 2.25. The Hall–Kier alpha value is -2.53. The van der Waals surface area contributed by atoms with Crippen LogP contribution in [0.3, 0.4) is 0 Å². The van der Waals surface area contributed by atoms with Gasteiger partial charge < -0.3 is 19.5 Å². The van der Waals surface area contributed by atoms with Gasteiger partial charge in [-0.25, -0.2) is 0 Å². The van der Waals surface area contributed by atoms with Gasteiger partial charge in [0, 0.05) is 6.61 Å². The van der Waals surface area contributed by atoms with Gasteiger partial charge in [-0.3, -0.25) is 4.79 Å². The highest BCUT2D eigenvalue weighted by molar-refractivity contribution is 5.81. The quantitative estimate of drug-likeness (QED) is 0.824. The Morgan fingerprint density at radius 1 is 1.23 bits per heavy atom. The van der Waals surface area contributed by atoms with Crippen molar-refractivity contribution in [2.45, 2.75) is 38.5 Å². The number of nitrogens with one attached hydrogen (secondary N) is 1. The van der Waals surface area contributed by atoms with E-state index in [9.17, 15) is 4.79 Å². The van der Waals surface area contributed by atoms with E-state index in [-0.39, 0.29) is 18.1 Å². The molecule has 138 valence electrons. The Kier molecular flexibility index (Phi) is 6.12. The standard InChI is InChI=1S/C21H25NO4/c1-15(22-21(23)19-9-6-12-25-19)17-10-11-18(20(13-17)24-2)26-14-16-7-4-3-5-8-16/h3-5,7-8,10-11,13,15,19H,6,9,12,14H2,1-2H3,(H,22,23)/t15-,19+/m0/s1. The van der Waals surface area contributed by atoms with Crippen LogP contribution in [0, 0.1) is 0 Å². The van der Waals surface area contributed by atoms with Gasteiger partial charge in [-0.15, -0.1) is 0 Å². The smallest absolute Gasteiger partial charge is 0.249 e. The molecule has 0 bridgehead atoms. The second-order valence-electron chi connectivity index (χ2n) is 6.42. The van der Waals surface area contributed by atoms with Gasteiger partial charge in [0.15, 0.2) is 11.5 Å². The van der Waals surface area contributed by atoms with Gasteiger partial charge in [-0.05, 0) is 43.0 Å². The van der Waals surface area contributed by atoms with E-state index in [0.29, 0.717) is 24.7 Å². The van der Waals surface area contributed by atoms with E-state index in [4.69, 9.17) is 14.2 Å². The summed E-state index contributed by atoms with van der Waals surface area (Å²) in [5.74, 6) is 1.27. The van der Waals surface area contributed by atoms with E-state index >= 15 is 0 Å². The van der Waals surface area contributed by atoms with Crippen LogP contribution in [0.15, 0.2) is 48.5 Å². The van der Waals surface area contributed by atoms with Crippen LogP contribution in [0.5, 0.6) is 11.5 Å². The first-order valence-corrected chi connectivity index (χ1v) is 8.94. The number of rotatable bonds is 7. The van der Waals surface area contributed by atoms with E-state index in [1.165, 1.54) is 0 Å². The summed E-state index contributed by atoms with van der Waals surface area (Å²) in [4.78, 5) is 12.2. The molecule has 5 heteroatoms. The van der Waals surface area contributed by atoms with Crippen LogP contribution in [0.4, 0.5) is 0 Å². The average molecular weight is 355 g/mol. The fraction of sp³-hybridized carbons (Fsp3) is 0.381. The maximum atomic E-state index is 12.2. The molecule has 3 rings (SSSR count). The third-order valence-corrected chi connectivity index (χ3v) is 4.51. The number of carbonyl (C=O) groups excluding carboxylic acids is 1. The largest absolute Gasteiger partial charge is 0.493 e. The van der Waals surface area contributed by atoms with Gasteiger partial charge in [0.25, 0.3) is 0 Å². The molecule has 1 heterocycles. The molecule has 0 aliphatic carbocycles. The minimum absolute atomic E-state index is 0.0571. The van der Waals surface area contributed by atoms with Crippen molar-refractivity contribution in [1.82, 2.24) is 5.32 Å². The monoisotopic (exact) mass is 355 g/mol. The van der Waals surface area contributed by atoms with E-state index in [1.807, 2.05) is 55.5 Å². The first-order valence-electron chi connectivity index (χ1n) is 8.94. The Balaban J connectivity index is 1.64. The Morgan fingerprint density at radius 3 is 2.73 bits per heavy atom. The fourth-order valence-corrected chi connectivity index (χ4v) is 2.98. The van der Waals surface area contributed by atoms with Crippen molar-refractivity contribution in [3.63, 3.8) is 0 Å². The predicted molar refractivity (Wildman–Crippen MR) is 99.3 cm³/mol. The summed E-state index contributed by atoms with van der Waals surface area (Å²) in [7, 11) is 1.62. The molecule has 26 heavy (non-hydrogen) atoms. The molecule has 0 unspecified atom stereocenters. The van der Waals surface area contributed by atoms with Gasteiger partial charge in [0.2, 0.25) is 5.91 Å². The Morgan fingerprint density at radius 2 is 2.04 bits per heavy atom. The van der Waals surface area contributed by atoms with E-state index in [2.05, 4.69) is 5.32 Å². The van der Waals surface area contributed by atoms with Gasteiger partial charge in [0.1, 0.15) is 12.7 Å². The number of hydrogen-bond acceptors (Lipinski definition) is 4. The fourth-order valence-electron chi connectivity index (χ4n) is 2.98. The minimum atomic E-state index is -0.326. The summed E-state index contributed by atoms with van der Waals surface area (Å²) in [6.07, 6.45) is 1.40. The highest BCUT2D eigenvalue weighted by atomic mass is 16.5. The lowest BCUT2D eigenvalue weighted by molar-refractivity contribution is -0.130. The number of methoxy groups -OCH3 is 1. The molecular weight excluding hydrogens is 330 g/mol. The third kappa shape index (κ3) is 4.55. The first kappa shape index (κ1) is 18.3. The lowest BCUT2D eigenvalue weighted by Crippen LogP contribution is -2.35. The molecular formula is C21H25NO4. The zero-order valence-electron chi connectivity index (χ0n) is 15.2. The van der Waals surface area contributed by atoms with E-state index in [1.54, 1.807) is 7.11 Å². The summed E-state index contributed by atoms with van der Waals surface area (Å²) in [5.41, 5.74) is 2.05. The van der Waals surface area contributed by atoms with Gasteiger partial charge in [-0.2, -0.15) is 0 Å². The molecule has 1 amide bonds. The lowest BCUT2D eigenvalue weighted by atomic mass is 10.1. The molecule has 2 aromatic carbocycles. The number of amides is 1. The molecule has 2 aromatic rings. The lowest BCUT2D eigenvalue weighted by Gasteiger charge is -2.19. The molecule has 0 spiro atoms. The minimum Gasteiger partial charge on any atom is -0.493 e. The molecule has 5 nitrogen and oxygen atoms in total. The molecule has 1 aliphatic heterocycles. The van der Waals surface area contributed by atoms with Crippen molar-refractivity contribution in [3.05, 3.63) is 59.7 Å². The normalized spacial score (nSPS) is 17.5. The summed E-state index contributed by atoms with van der Waals surface area (Å²) in [6.45, 7) is 3.09. The summed E-state index contributed by atoms with van der Waals surface area (Å²) in [5, 5.41) is 3.01. The van der Waals surface area contributed by atoms with Gasteiger partial charge >= 0.3 is 0 Å². The van der Waals surface area contributed by atoms with E-state index < -0.39 is 0 Å². The van der Waals surface area contributed by atoms with Crippen LogP contribution in [-0.4, -0.2) is 25.7 Å². The topological polar surface area (TPSA) is 56.8 Å². The summed E-state index contributed by atoms with van der Waals surface area (Å²) in [6, 6.07) is 15.6. The highest BCUT2D eigenvalue weighted by Crippen LogP contribution is 2.31. The number of ether oxygens (including phenoxy) is 3. The summed E-state index contributed by atoms with van der Waals surface area (Å²) < 4.78 is 16.8. The van der Waals surface area contributed by atoms with Crippen LogP contribution < -0.4 is 14.8 Å².